The molecule has 2 aliphatic heterocycles. The van der Waals surface area contributed by atoms with Crippen molar-refractivity contribution in [2.75, 3.05) is 13.7 Å². The lowest BCUT2D eigenvalue weighted by molar-refractivity contribution is -0.0595. The van der Waals surface area contributed by atoms with E-state index in [1.165, 1.54) is 23.3 Å². The van der Waals surface area contributed by atoms with Gasteiger partial charge < -0.3 is 14.6 Å². The number of rotatable bonds is 6. The van der Waals surface area contributed by atoms with Gasteiger partial charge in [0.05, 0.1) is 19.3 Å². The van der Waals surface area contributed by atoms with Gasteiger partial charge in [-0.05, 0) is 80.5 Å². The number of piperidine rings is 1. The van der Waals surface area contributed by atoms with Gasteiger partial charge in [0.1, 0.15) is 5.82 Å². The smallest absolute Gasteiger partial charge is 0.161 e. The first-order valence-electron chi connectivity index (χ1n) is 10.5. The van der Waals surface area contributed by atoms with Gasteiger partial charge in [0.25, 0.3) is 0 Å². The molecule has 2 aromatic rings. The molecule has 0 saturated carbocycles. The number of ether oxygens (including phenoxy) is 2. The minimum absolute atomic E-state index is 0.266. The van der Waals surface area contributed by atoms with Gasteiger partial charge in [0, 0.05) is 18.6 Å². The van der Waals surface area contributed by atoms with E-state index in [1.54, 1.807) is 19.2 Å². The first-order valence-corrected chi connectivity index (χ1v) is 10.5. The highest BCUT2D eigenvalue weighted by Gasteiger charge is 2.48. The molecule has 2 fully saturated rings. The number of hydrogen-bond acceptors (Lipinski definition) is 4. The van der Waals surface area contributed by atoms with Crippen LogP contribution in [0.2, 0.25) is 0 Å². The summed E-state index contributed by atoms with van der Waals surface area (Å²) in [6.45, 7) is 5.51. The summed E-state index contributed by atoms with van der Waals surface area (Å²) in [4.78, 5) is 2.53. The van der Waals surface area contributed by atoms with E-state index in [1.807, 2.05) is 13.0 Å². The number of benzene rings is 2. The molecule has 0 aromatic heterocycles. The summed E-state index contributed by atoms with van der Waals surface area (Å²) in [7, 11) is 1.66. The van der Waals surface area contributed by atoms with Gasteiger partial charge in [-0.3, -0.25) is 4.90 Å². The van der Waals surface area contributed by atoms with Crippen molar-refractivity contribution in [3.63, 3.8) is 0 Å². The average Bonchev–Trinajstić information content (AvgIpc) is 2.94. The van der Waals surface area contributed by atoms with E-state index in [0.717, 1.165) is 36.4 Å². The maximum atomic E-state index is 13.3. The molecular formula is C24H30FNO3. The van der Waals surface area contributed by atoms with E-state index in [-0.39, 0.29) is 5.82 Å². The Labute approximate surface area is 172 Å². The van der Waals surface area contributed by atoms with E-state index < -0.39 is 5.60 Å². The second-order valence-corrected chi connectivity index (χ2v) is 8.37. The molecule has 4 nitrogen and oxygen atoms in total. The van der Waals surface area contributed by atoms with Crippen molar-refractivity contribution >= 4 is 0 Å². The molecule has 156 valence electrons. The monoisotopic (exact) mass is 399 g/mol. The van der Waals surface area contributed by atoms with Crippen molar-refractivity contribution in [2.45, 2.75) is 63.8 Å². The Balaban J connectivity index is 1.55. The summed E-state index contributed by atoms with van der Waals surface area (Å²) in [6.07, 6.45) is 3.54. The zero-order chi connectivity index (χ0) is 20.6. The van der Waals surface area contributed by atoms with Crippen LogP contribution in [0.5, 0.6) is 11.5 Å². The molecule has 4 rings (SSSR count). The number of aliphatic hydroxyl groups is 1. The lowest BCUT2D eigenvalue weighted by Crippen LogP contribution is -2.49. The van der Waals surface area contributed by atoms with Crippen molar-refractivity contribution in [1.82, 2.24) is 4.90 Å². The second kappa shape index (κ2) is 7.96. The van der Waals surface area contributed by atoms with Gasteiger partial charge in [-0.25, -0.2) is 4.39 Å². The summed E-state index contributed by atoms with van der Waals surface area (Å²) in [5.41, 5.74) is 2.37. The first kappa shape index (κ1) is 20.2. The predicted octanol–water partition coefficient (Wildman–Crippen LogP) is 4.56. The van der Waals surface area contributed by atoms with Crippen LogP contribution in [0.3, 0.4) is 0 Å². The third kappa shape index (κ3) is 3.86. The highest BCUT2D eigenvalue weighted by molar-refractivity contribution is 5.47. The Morgan fingerprint density at radius 2 is 1.76 bits per heavy atom. The average molecular weight is 400 g/mol. The molecule has 0 radical (unpaired) electrons. The molecule has 2 atom stereocenters. The van der Waals surface area contributed by atoms with Crippen molar-refractivity contribution in [3.05, 3.63) is 58.9 Å². The summed E-state index contributed by atoms with van der Waals surface area (Å²) >= 11 is 0. The van der Waals surface area contributed by atoms with Crippen LogP contribution in [-0.2, 0) is 12.1 Å². The van der Waals surface area contributed by atoms with Crippen molar-refractivity contribution in [2.24, 2.45) is 0 Å². The zero-order valence-electron chi connectivity index (χ0n) is 17.5. The molecule has 2 saturated heterocycles. The van der Waals surface area contributed by atoms with Gasteiger partial charge >= 0.3 is 0 Å². The summed E-state index contributed by atoms with van der Waals surface area (Å²) in [5, 5.41) is 11.3. The fourth-order valence-electron chi connectivity index (χ4n) is 5.07. The maximum absolute atomic E-state index is 13.3. The van der Waals surface area contributed by atoms with E-state index in [4.69, 9.17) is 9.47 Å². The molecule has 1 N–H and O–H groups in total. The van der Waals surface area contributed by atoms with Crippen LogP contribution >= 0.6 is 0 Å². The van der Waals surface area contributed by atoms with Crippen LogP contribution < -0.4 is 9.47 Å². The molecule has 2 bridgehead atoms. The highest BCUT2D eigenvalue weighted by atomic mass is 19.1. The lowest BCUT2D eigenvalue weighted by Gasteiger charge is -2.44. The Morgan fingerprint density at radius 3 is 2.34 bits per heavy atom. The fraction of sp³-hybridized carbons (Fsp3) is 0.500. The summed E-state index contributed by atoms with van der Waals surface area (Å²) in [6, 6.07) is 11.1. The Kier molecular flexibility index (Phi) is 5.54. The summed E-state index contributed by atoms with van der Waals surface area (Å²) in [5.74, 6) is 1.28. The molecule has 2 aliphatic rings. The minimum atomic E-state index is -0.874. The van der Waals surface area contributed by atoms with Crippen LogP contribution in [0.15, 0.2) is 36.4 Å². The largest absolute Gasteiger partial charge is 0.493 e. The summed E-state index contributed by atoms with van der Waals surface area (Å²) < 4.78 is 24.6. The van der Waals surface area contributed by atoms with Crippen LogP contribution in [0.25, 0.3) is 0 Å². The second-order valence-electron chi connectivity index (χ2n) is 8.37. The number of methoxy groups -OCH3 is 1. The SMILES string of the molecule is CCOc1cc(CN2[C@H]3CC[C@H]2CC(O)(c2ccc(F)cc2)C3)c(C)cc1OC. The van der Waals surface area contributed by atoms with Crippen LogP contribution in [-0.4, -0.2) is 35.8 Å². The molecule has 0 amide bonds. The van der Waals surface area contributed by atoms with Crippen molar-refractivity contribution < 1.29 is 19.0 Å². The molecule has 0 unspecified atom stereocenters. The van der Waals surface area contributed by atoms with E-state index in [0.29, 0.717) is 31.5 Å². The normalized spacial score (nSPS) is 26.5. The van der Waals surface area contributed by atoms with Crippen LogP contribution in [0.4, 0.5) is 4.39 Å². The molecule has 5 heteroatoms. The van der Waals surface area contributed by atoms with Crippen molar-refractivity contribution in [1.29, 1.82) is 0 Å². The van der Waals surface area contributed by atoms with E-state index >= 15 is 0 Å². The Hall–Kier alpha value is -2.11. The minimum Gasteiger partial charge on any atom is -0.493 e. The first-order chi connectivity index (χ1) is 13.9. The van der Waals surface area contributed by atoms with E-state index in [9.17, 15) is 9.50 Å². The van der Waals surface area contributed by atoms with Crippen molar-refractivity contribution in [3.8, 4) is 11.5 Å². The van der Waals surface area contributed by atoms with Gasteiger partial charge in [-0.15, -0.1) is 0 Å². The molecule has 0 spiro atoms. The third-order valence-electron chi connectivity index (χ3n) is 6.57. The van der Waals surface area contributed by atoms with Gasteiger partial charge in [0.2, 0.25) is 0 Å². The van der Waals surface area contributed by atoms with Crippen LogP contribution in [0.1, 0.15) is 49.3 Å². The maximum Gasteiger partial charge on any atom is 0.161 e. The topological polar surface area (TPSA) is 41.9 Å². The third-order valence-corrected chi connectivity index (χ3v) is 6.57. The zero-order valence-corrected chi connectivity index (χ0v) is 17.5. The molecule has 0 aliphatic carbocycles. The Bertz CT molecular complexity index is 853. The molecule has 2 heterocycles. The lowest BCUT2D eigenvalue weighted by atomic mass is 9.80. The molecular weight excluding hydrogens is 369 g/mol. The number of aryl methyl sites for hydroxylation is 1. The highest BCUT2D eigenvalue weighted by Crippen LogP contribution is 2.46. The number of hydrogen-bond donors (Lipinski definition) is 1. The quantitative estimate of drug-likeness (QED) is 0.773. The number of halogens is 1. The Morgan fingerprint density at radius 1 is 1.10 bits per heavy atom. The van der Waals surface area contributed by atoms with Crippen LogP contribution in [0, 0.1) is 12.7 Å². The standard InChI is InChI=1S/C24H30FNO3/c1-4-29-23-12-17(16(2)11-22(23)28-3)15-26-20-9-10-21(26)14-24(27,13-20)18-5-7-19(25)8-6-18/h5-8,11-12,20-21,27H,4,9-10,13-15H2,1-3H3/t20-,21-/m0/s1. The van der Waals surface area contributed by atoms with Gasteiger partial charge in [-0.2, -0.15) is 0 Å². The number of fused-ring (bicyclic) bond motifs is 2. The number of nitrogens with zero attached hydrogens (tertiary/aromatic N) is 1. The fourth-order valence-corrected chi connectivity index (χ4v) is 5.07. The van der Waals surface area contributed by atoms with Gasteiger partial charge in [-0.1, -0.05) is 12.1 Å². The molecule has 29 heavy (non-hydrogen) atoms. The van der Waals surface area contributed by atoms with Gasteiger partial charge in [0.15, 0.2) is 11.5 Å². The predicted molar refractivity (Wildman–Crippen MR) is 111 cm³/mol. The van der Waals surface area contributed by atoms with E-state index in [2.05, 4.69) is 17.9 Å². The molecule has 2 aromatic carbocycles.